The van der Waals surface area contributed by atoms with Crippen molar-refractivity contribution in [1.29, 1.82) is 0 Å². The number of amides is 1. The van der Waals surface area contributed by atoms with Gasteiger partial charge in [-0.1, -0.05) is 24.3 Å². The molecule has 144 valence electrons. The van der Waals surface area contributed by atoms with Crippen LogP contribution in [-0.2, 0) is 11.3 Å². The molecule has 1 aliphatic heterocycles. The van der Waals surface area contributed by atoms with Gasteiger partial charge in [-0.05, 0) is 37.1 Å². The van der Waals surface area contributed by atoms with Gasteiger partial charge in [0.15, 0.2) is 6.61 Å². The van der Waals surface area contributed by atoms with E-state index in [1.165, 1.54) is 0 Å². The first kappa shape index (κ1) is 18.2. The molecule has 2 aromatic heterocycles. The smallest absolute Gasteiger partial charge is 0.260 e. The molecule has 6 nitrogen and oxygen atoms in total. The Morgan fingerprint density at radius 2 is 1.93 bits per heavy atom. The standard InChI is InChI=1S/C22H24N4O2/c27-21(17-28-20-9-2-1-3-10-20)25-13-6-7-18(15-25)22-24-12-14-26(22)16-19-8-4-5-11-23-19/h1-5,8-12,14,18H,6-7,13,15-17H2. The van der Waals surface area contributed by atoms with Crippen molar-refractivity contribution in [1.82, 2.24) is 19.4 Å². The molecular weight excluding hydrogens is 352 g/mol. The van der Waals surface area contributed by atoms with Crippen LogP contribution in [0.15, 0.2) is 67.1 Å². The normalized spacial score (nSPS) is 16.7. The molecule has 1 aliphatic rings. The van der Waals surface area contributed by atoms with Crippen molar-refractivity contribution in [3.8, 4) is 5.75 Å². The molecule has 0 bridgehead atoms. The summed E-state index contributed by atoms with van der Waals surface area (Å²) in [6.45, 7) is 2.21. The van der Waals surface area contributed by atoms with E-state index in [0.717, 1.165) is 36.7 Å². The van der Waals surface area contributed by atoms with Crippen LogP contribution < -0.4 is 4.74 Å². The van der Waals surface area contributed by atoms with Gasteiger partial charge in [0.1, 0.15) is 11.6 Å². The van der Waals surface area contributed by atoms with Crippen molar-refractivity contribution in [3.05, 3.63) is 78.6 Å². The predicted molar refractivity (Wildman–Crippen MR) is 106 cm³/mol. The molecule has 0 spiro atoms. The number of nitrogens with zero attached hydrogens (tertiary/aromatic N) is 4. The molecule has 4 rings (SSSR count). The van der Waals surface area contributed by atoms with E-state index >= 15 is 0 Å². The molecular formula is C22H24N4O2. The van der Waals surface area contributed by atoms with Crippen LogP contribution in [0.1, 0.15) is 30.3 Å². The zero-order valence-corrected chi connectivity index (χ0v) is 15.8. The van der Waals surface area contributed by atoms with E-state index in [1.54, 1.807) is 6.20 Å². The lowest BCUT2D eigenvalue weighted by Crippen LogP contribution is -2.42. The van der Waals surface area contributed by atoms with Crippen molar-refractivity contribution in [2.45, 2.75) is 25.3 Å². The number of pyridine rings is 1. The van der Waals surface area contributed by atoms with Crippen molar-refractivity contribution in [2.24, 2.45) is 0 Å². The quantitative estimate of drug-likeness (QED) is 0.663. The molecule has 3 aromatic rings. The largest absolute Gasteiger partial charge is 0.484 e. The first-order chi connectivity index (χ1) is 13.8. The van der Waals surface area contributed by atoms with Gasteiger partial charge in [0.25, 0.3) is 5.91 Å². The van der Waals surface area contributed by atoms with Crippen LogP contribution in [0.5, 0.6) is 5.75 Å². The highest BCUT2D eigenvalue weighted by Crippen LogP contribution is 2.26. The zero-order chi connectivity index (χ0) is 19.2. The summed E-state index contributed by atoms with van der Waals surface area (Å²) in [4.78, 5) is 23.5. The first-order valence-electron chi connectivity index (χ1n) is 9.66. The minimum Gasteiger partial charge on any atom is -0.484 e. The minimum atomic E-state index is 0.0244. The van der Waals surface area contributed by atoms with E-state index in [0.29, 0.717) is 13.1 Å². The van der Waals surface area contributed by atoms with Crippen LogP contribution >= 0.6 is 0 Å². The van der Waals surface area contributed by atoms with Crippen LogP contribution in [0.2, 0.25) is 0 Å². The number of likely N-dealkylation sites (tertiary alicyclic amines) is 1. The van der Waals surface area contributed by atoms with Crippen LogP contribution in [0.25, 0.3) is 0 Å². The number of ether oxygens (including phenoxy) is 1. The van der Waals surface area contributed by atoms with Gasteiger partial charge in [-0.25, -0.2) is 4.98 Å². The summed E-state index contributed by atoms with van der Waals surface area (Å²) in [5.41, 5.74) is 1.00. The number of aromatic nitrogens is 3. The van der Waals surface area contributed by atoms with E-state index in [2.05, 4.69) is 14.5 Å². The van der Waals surface area contributed by atoms with Crippen LogP contribution in [-0.4, -0.2) is 45.0 Å². The highest BCUT2D eigenvalue weighted by Gasteiger charge is 2.27. The number of imidazole rings is 1. The average Bonchev–Trinajstić information content (AvgIpc) is 3.22. The van der Waals surface area contributed by atoms with Crippen molar-refractivity contribution >= 4 is 5.91 Å². The number of carbonyl (C=O) groups is 1. The fourth-order valence-electron chi connectivity index (χ4n) is 3.65. The van der Waals surface area contributed by atoms with Gasteiger partial charge in [0, 0.05) is 37.6 Å². The number of carbonyl (C=O) groups excluding carboxylic acids is 1. The highest BCUT2D eigenvalue weighted by molar-refractivity contribution is 5.78. The zero-order valence-electron chi connectivity index (χ0n) is 15.8. The third kappa shape index (κ3) is 4.39. The Morgan fingerprint density at radius 3 is 2.75 bits per heavy atom. The molecule has 6 heteroatoms. The van der Waals surface area contributed by atoms with Crippen molar-refractivity contribution in [2.75, 3.05) is 19.7 Å². The fourth-order valence-corrected chi connectivity index (χ4v) is 3.65. The lowest BCUT2D eigenvalue weighted by Gasteiger charge is -2.32. The molecule has 1 amide bonds. The molecule has 28 heavy (non-hydrogen) atoms. The van der Waals surface area contributed by atoms with Gasteiger partial charge in [-0.3, -0.25) is 9.78 Å². The lowest BCUT2D eigenvalue weighted by atomic mass is 9.97. The third-order valence-corrected chi connectivity index (χ3v) is 5.05. The molecule has 1 saturated heterocycles. The van der Waals surface area contributed by atoms with Crippen LogP contribution in [0.3, 0.4) is 0 Å². The third-order valence-electron chi connectivity index (χ3n) is 5.05. The number of rotatable bonds is 6. The molecule has 0 radical (unpaired) electrons. The molecule has 1 fully saturated rings. The Labute approximate surface area is 164 Å². The van der Waals surface area contributed by atoms with Gasteiger partial charge in [0.05, 0.1) is 12.2 Å². The summed E-state index contributed by atoms with van der Waals surface area (Å²) in [6.07, 6.45) is 7.63. The second kappa shape index (κ2) is 8.69. The monoisotopic (exact) mass is 376 g/mol. The number of hydrogen-bond donors (Lipinski definition) is 0. The van der Waals surface area contributed by atoms with Gasteiger partial charge >= 0.3 is 0 Å². The average molecular weight is 376 g/mol. The summed E-state index contributed by atoms with van der Waals surface area (Å²) in [6, 6.07) is 15.4. The summed E-state index contributed by atoms with van der Waals surface area (Å²) >= 11 is 0. The van der Waals surface area contributed by atoms with Crippen molar-refractivity contribution < 1.29 is 9.53 Å². The van der Waals surface area contributed by atoms with E-state index in [-0.39, 0.29) is 18.4 Å². The first-order valence-corrected chi connectivity index (χ1v) is 9.66. The Hall–Kier alpha value is -3.15. The molecule has 1 atom stereocenters. The SMILES string of the molecule is O=C(COc1ccccc1)N1CCCC(c2nccn2Cc2ccccn2)C1. The maximum atomic E-state index is 12.6. The molecule has 0 N–H and O–H groups in total. The molecule has 0 aliphatic carbocycles. The number of para-hydroxylation sites is 1. The summed E-state index contributed by atoms with van der Waals surface area (Å²) in [7, 11) is 0. The Morgan fingerprint density at radius 1 is 1.07 bits per heavy atom. The van der Waals surface area contributed by atoms with Crippen LogP contribution in [0, 0.1) is 0 Å². The summed E-state index contributed by atoms with van der Waals surface area (Å²) in [5.74, 6) is 1.99. The summed E-state index contributed by atoms with van der Waals surface area (Å²) < 4.78 is 7.77. The second-order valence-electron chi connectivity index (χ2n) is 7.02. The molecule has 1 aromatic carbocycles. The second-order valence-corrected chi connectivity index (χ2v) is 7.02. The Balaban J connectivity index is 1.39. The van der Waals surface area contributed by atoms with Crippen LogP contribution in [0.4, 0.5) is 0 Å². The van der Waals surface area contributed by atoms with E-state index in [1.807, 2.05) is 65.8 Å². The van der Waals surface area contributed by atoms with E-state index in [9.17, 15) is 4.79 Å². The van der Waals surface area contributed by atoms with Gasteiger partial charge in [-0.2, -0.15) is 0 Å². The van der Waals surface area contributed by atoms with Gasteiger partial charge in [-0.15, -0.1) is 0 Å². The molecule has 3 heterocycles. The number of piperidine rings is 1. The predicted octanol–water partition coefficient (Wildman–Crippen LogP) is 3.11. The van der Waals surface area contributed by atoms with Gasteiger partial charge < -0.3 is 14.2 Å². The number of benzene rings is 1. The lowest BCUT2D eigenvalue weighted by molar-refractivity contribution is -0.134. The maximum absolute atomic E-state index is 12.6. The van der Waals surface area contributed by atoms with Gasteiger partial charge in [0.2, 0.25) is 0 Å². The maximum Gasteiger partial charge on any atom is 0.260 e. The Kier molecular flexibility index (Phi) is 5.66. The Bertz CT molecular complexity index is 895. The minimum absolute atomic E-state index is 0.0244. The van der Waals surface area contributed by atoms with E-state index < -0.39 is 0 Å². The highest BCUT2D eigenvalue weighted by atomic mass is 16.5. The molecule has 0 saturated carbocycles. The fraction of sp³-hybridized carbons (Fsp3) is 0.318. The summed E-state index contributed by atoms with van der Waals surface area (Å²) in [5, 5.41) is 0. The van der Waals surface area contributed by atoms with E-state index in [4.69, 9.17) is 4.74 Å². The number of hydrogen-bond acceptors (Lipinski definition) is 4. The topological polar surface area (TPSA) is 60.2 Å². The van der Waals surface area contributed by atoms with Crippen molar-refractivity contribution in [3.63, 3.8) is 0 Å². The molecule has 1 unspecified atom stereocenters.